The summed E-state index contributed by atoms with van der Waals surface area (Å²) in [5, 5.41) is 13.0. The summed E-state index contributed by atoms with van der Waals surface area (Å²) in [7, 11) is 0. The van der Waals surface area contributed by atoms with Crippen LogP contribution in [0.15, 0.2) is 0 Å². The number of carbonyl (C=O) groups is 1. The molecule has 1 unspecified atom stereocenters. The molecule has 0 radical (unpaired) electrons. The molecular weight excluding hydrogens is 222 g/mol. The van der Waals surface area contributed by atoms with Gasteiger partial charge in [0.05, 0.1) is 18.0 Å². The van der Waals surface area contributed by atoms with Gasteiger partial charge < -0.3 is 15.6 Å². The highest BCUT2D eigenvalue weighted by atomic mass is 16.5. The number of aryl methyl sites for hydroxylation is 2. The normalized spacial score (nSPS) is 12.5. The van der Waals surface area contributed by atoms with Crippen molar-refractivity contribution < 1.29 is 14.6 Å². The van der Waals surface area contributed by atoms with Gasteiger partial charge >= 0.3 is 5.97 Å². The van der Waals surface area contributed by atoms with Gasteiger partial charge in [-0.25, -0.2) is 4.79 Å². The summed E-state index contributed by atoms with van der Waals surface area (Å²) in [6.07, 6.45) is 0. The first-order valence-corrected chi connectivity index (χ1v) is 5.62. The standard InChI is InChI=1S/C11H19N3O3/c1-4-14-10(9(12)8(3)13-14)11(16)17-6-7(2)5-15/h7,15H,4-6,12H2,1-3H3. The SMILES string of the molecule is CCn1nc(C)c(N)c1C(=O)OCC(C)CO. The second kappa shape index (κ2) is 5.67. The predicted octanol–water partition coefficient (Wildman–Crippen LogP) is 0.579. The number of carbonyl (C=O) groups excluding carboxylic acids is 1. The van der Waals surface area contributed by atoms with Crippen molar-refractivity contribution >= 4 is 11.7 Å². The second-order valence-corrected chi connectivity index (χ2v) is 4.05. The van der Waals surface area contributed by atoms with Crippen molar-refractivity contribution in [2.75, 3.05) is 18.9 Å². The number of hydrogen-bond acceptors (Lipinski definition) is 5. The van der Waals surface area contributed by atoms with E-state index in [0.29, 0.717) is 17.9 Å². The Balaban J connectivity index is 2.81. The van der Waals surface area contributed by atoms with Crippen molar-refractivity contribution in [2.45, 2.75) is 27.3 Å². The number of aromatic nitrogens is 2. The van der Waals surface area contributed by atoms with E-state index in [2.05, 4.69) is 5.10 Å². The third-order valence-electron chi connectivity index (χ3n) is 2.48. The molecular formula is C11H19N3O3. The Morgan fingerprint density at radius 1 is 1.65 bits per heavy atom. The van der Waals surface area contributed by atoms with E-state index in [-0.39, 0.29) is 24.8 Å². The van der Waals surface area contributed by atoms with Crippen LogP contribution in [0.4, 0.5) is 5.69 Å². The Hall–Kier alpha value is -1.56. The molecule has 0 bridgehead atoms. The molecule has 0 saturated carbocycles. The lowest BCUT2D eigenvalue weighted by atomic mass is 10.2. The number of nitrogens with two attached hydrogens (primary N) is 1. The fourth-order valence-corrected chi connectivity index (χ4v) is 1.38. The first kappa shape index (κ1) is 13.5. The minimum Gasteiger partial charge on any atom is -0.461 e. The molecule has 17 heavy (non-hydrogen) atoms. The van der Waals surface area contributed by atoms with Gasteiger partial charge in [-0.05, 0) is 13.8 Å². The van der Waals surface area contributed by atoms with Gasteiger partial charge in [0.1, 0.15) is 0 Å². The van der Waals surface area contributed by atoms with Crippen molar-refractivity contribution in [3.63, 3.8) is 0 Å². The summed E-state index contributed by atoms with van der Waals surface area (Å²) in [6, 6.07) is 0. The lowest BCUT2D eigenvalue weighted by Gasteiger charge is -2.10. The van der Waals surface area contributed by atoms with Crippen LogP contribution < -0.4 is 5.73 Å². The van der Waals surface area contributed by atoms with Crippen molar-refractivity contribution in [3.05, 3.63) is 11.4 Å². The Morgan fingerprint density at radius 2 is 2.29 bits per heavy atom. The first-order valence-electron chi connectivity index (χ1n) is 5.62. The van der Waals surface area contributed by atoms with E-state index >= 15 is 0 Å². The van der Waals surface area contributed by atoms with Crippen LogP contribution in [0.25, 0.3) is 0 Å². The third kappa shape index (κ3) is 2.97. The molecule has 0 aliphatic carbocycles. The molecule has 96 valence electrons. The van der Waals surface area contributed by atoms with Crippen LogP contribution >= 0.6 is 0 Å². The van der Waals surface area contributed by atoms with Crippen molar-refractivity contribution in [2.24, 2.45) is 5.92 Å². The molecule has 0 saturated heterocycles. The van der Waals surface area contributed by atoms with Gasteiger partial charge in [-0.15, -0.1) is 0 Å². The number of nitrogens with zero attached hydrogens (tertiary/aromatic N) is 2. The van der Waals surface area contributed by atoms with Crippen LogP contribution in [-0.2, 0) is 11.3 Å². The molecule has 3 N–H and O–H groups in total. The number of rotatable bonds is 5. The van der Waals surface area contributed by atoms with Crippen molar-refractivity contribution in [1.82, 2.24) is 9.78 Å². The van der Waals surface area contributed by atoms with Gasteiger partial charge in [-0.2, -0.15) is 5.10 Å². The lowest BCUT2D eigenvalue weighted by Crippen LogP contribution is -2.18. The van der Waals surface area contributed by atoms with E-state index in [1.165, 1.54) is 4.68 Å². The highest BCUT2D eigenvalue weighted by Crippen LogP contribution is 2.17. The maximum Gasteiger partial charge on any atom is 0.358 e. The number of anilines is 1. The van der Waals surface area contributed by atoms with Gasteiger partial charge in [0.2, 0.25) is 0 Å². The molecule has 0 fully saturated rings. The van der Waals surface area contributed by atoms with Gasteiger partial charge in [0, 0.05) is 19.1 Å². The minimum absolute atomic E-state index is 0.0190. The fraction of sp³-hybridized carbons (Fsp3) is 0.636. The van der Waals surface area contributed by atoms with Crippen LogP contribution in [0.3, 0.4) is 0 Å². The Kier molecular flexibility index (Phi) is 4.51. The van der Waals surface area contributed by atoms with Gasteiger partial charge in [0.15, 0.2) is 5.69 Å². The van der Waals surface area contributed by atoms with Crippen LogP contribution in [0.5, 0.6) is 0 Å². The van der Waals surface area contributed by atoms with E-state index in [0.717, 1.165) is 0 Å². The molecule has 0 aromatic carbocycles. The number of hydrogen-bond donors (Lipinski definition) is 2. The molecule has 0 aliphatic rings. The predicted molar refractivity (Wildman–Crippen MR) is 63.6 cm³/mol. The topological polar surface area (TPSA) is 90.4 Å². The molecule has 0 amide bonds. The number of nitrogen functional groups attached to an aromatic ring is 1. The second-order valence-electron chi connectivity index (χ2n) is 4.05. The molecule has 1 rings (SSSR count). The minimum atomic E-state index is -0.495. The summed E-state index contributed by atoms with van der Waals surface area (Å²) < 4.78 is 6.60. The summed E-state index contributed by atoms with van der Waals surface area (Å²) in [6.45, 7) is 6.11. The molecule has 1 heterocycles. The average Bonchev–Trinajstić information content (AvgIpc) is 2.61. The molecule has 1 atom stereocenters. The molecule has 6 nitrogen and oxygen atoms in total. The molecule has 0 spiro atoms. The van der Waals surface area contributed by atoms with E-state index in [9.17, 15) is 4.79 Å². The molecule has 0 aliphatic heterocycles. The number of aliphatic hydroxyl groups excluding tert-OH is 1. The summed E-state index contributed by atoms with van der Waals surface area (Å²) in [4.78, 5) is 11.8. The summed E-state index contributed by atoms with van der Waals surface area (Å²) in [5.41, 5.74) is 7.05. The van der Waals surface area contributed by atoms with Gasteiger partial charge in [-0.1, -0.05) is 6.92 Å². The van der Waals surface area contributed by atoms with Crippen LogP contribution in [-0.4, -0.2) is 34.1 Å². The van der Waals surface area contributed by atoms with Crippen molar-refractivity contribution in [1.29, 1.82) is 0 Å². The first-order chi connectivity index (χ1) is 8.01. The smallest absolute Gasteiger partial charge is 0.358 e. The Bertz CT molecular complexity index is 401. The molecule has 1 aromatic rings. The number of esters is 1. The fourth-order valence-electron chi connectivity index (χ4n) is 1.38. The monoisotopic (exact) mass is 241 g/mol. The number of ether oxygens (including phenoxy) is 1. The molecule has 1 aromatic heterocycles. The van der Waals surface area contributed by atoms with E-state index in [1.807, 2.05) is 6.92 Å². The zero-order chi connectivity index (χ0) is 13.0. The maximum absolute atomic E-state index is 11.8. The Labute approximate surface area is 100 Å². The van der Waals surface area contributed by atoms with E-state index < -0.39 is 5.97 Å². The average molecular weight is 241 g/mol. The number of aliphatic hydroxyl groups is 1. The Morgan fingerprint density at radius 3 is 2.82 bits per heavy atom. The quantitative estimate of drug-likeness (QED) is 0.736. The lowest BCUT2D eigenvalue weighted by molar-refractivity contribution is 0.0393. The van der Waals surface area contributed by atoms with Gasteiger partial charge in [0.25, 0.3) is 0 Å². The van der Waals surface area contributed by atoms with E-state index in [4.69, 9.17) is 15.6 Å². The maximum atomic E-state index is 11.8. The molecule has 6 heteroatoms. The highest BCUT2D eigenvalue weighted by Gasteiger charge is 2.20. The van der Waals surface area contributed by atoms with Crippen molar-refractivity contribution in [3.8, 4) is 0 Å². The zero-order valence-corrected chi connectivity index (χ0v) is 10.4. The zero-order valence-electron chi connectivity index (χ0n) is 10.4. The largest absolute Gasteiger partial charge is 0.461 e. The third-order valence-corrected chi connectivity index (χ3v) is 2.48. The van der Waals surface area contributed by atoms with Crippen LogP contribution in [0, 0.1) is 12.8 Å². The van der Waals surface area contributed by atoms with Crippen LogP contribution in [0.1, 0.15) is 30.0 Å². The van der Waals surface area contributed by atoms with Crippen LogP contribution in [0.2, 0.25) is 0 Å². The van der Waals surface area contributed by atoms with Gasteiger partial charge in [-0.3, -0.25) is 4.68 Å². The van der Waals surface area contributed by atoms with E-state index in [1.54, 1.807) is 13.8 Å². The summed E-state index contributed by atoms with van der Waals surface area (Å²) in [5.74, 6) is -0.579. The highest BCUT2D eigenvalue weighted by molar-refractivity contribution is 5.93. The summed E-state index contributed by atoms with van der Waals surface area (Å²) >= 11 is 0.